The summed E-state index contributed by atoms with van der Waals surface area (Å²) >= 11 is 1.89. The van der Waals surface area contributed by atoms with Gasteiger partial charge in [-0.3, -0.25) is 4.79 Å². The van der Waals surface area contributed by atoms with Gasteiger partial charge in [-0.25, -0.2) is 0 Å². The summed E-state index contributed by atoms with van der Waals surface area (Å²) in [7, 11) is 0. The third-order valence-electron chi connectivity index (χ3n) is 3.51. The second-order valence-electron chi connectivity index (χ2n) is 4.81. The van der Waals surface area contributed by atoms with Gasteiger partial charge in [0.15, 0.2) is 0 Å². The average molecular weight is 242 g/mol. The highest BCUT2D eigenvalue weighted by molar-refractivity contribution is 7.99. The zero-order chi connectivity index (χ0) is 11.4. The molecule has 2 rings (SSSR count). The van der Waals surface area contributed by atoms with Crippen molar-refractivity contribution in [1.82, 2.24) is 10.2 Å². The molecule has 0 saturated carbocycles. The van der Waals surface area contributed by atoms with E-state index in [1.807, 2.05) is 11.8 Å². The van der Waals surface area contributed by atoms with Gasteiger partial charge in [0, 0.05) is 31.1 Å². The van der Waals surface area contributed by atoms with E-state index in [0.29, 0.717) is 5.91 Å². The van der Waals surface area contributed by atoms with Gasteiger partial charge in [-0.15, -0.1) is 0 Å². The molecule has 0 spiro atoms. The van der Waals surface area contributed by atoms with Crippen molar-refractivity contribution in [3.8, 4) is 0 Å². The fourth-order valence-corrected chi connectivity index (χ4v) is 3.55. The maximum absolute atomic E-state index is 12.2. The molecule has 1 amide bonds. The van der Waals surface area contributed by atoms with Crippen molar-refractivity contribution in [2.45, 2.75) is 32.2 Å². The number of carbonyl (C=O) groups is 1. The minimum atomic E-state index is 0.0825. The molecule has 0 radical (unpaired) electrons. The van der Waals surface area contributed by atoms with Crippen LogP contribution in [0, 0.1) is 5.92 Å². The molecular weight excluding hydrogens is 220 g/mol. The fourth-order valence-electron chi connectivity index (χ4n) is 2.62. The van der Waals surface area contributed by atoms with Crippen molar-refractivity contribution in [3.63, 3.8) is 0 Å². The van der Waals surface area contributed by atoms with Crippen LogP contribution in [0.3, 0.4) is 0 Å². The van der Waals surface area contributed by atoms with Crippen LogP contribution in [-0.4, -0.2) is 48.0 Å². The van der Waals surface area contributed by atoms with Crippen LogP contribution < -0.4 is 5.32 Å². The lowest BCUT2D eigenvalue weighted by Gasteiger charge is -2.27. The minimum Gasteiger partial charge on any atom is -0.341 e. The molecule has 0 aromatic heterocycles. The predicted octanol–water partition coefficient (Wildman–Crippen LogP) is 1.34. The Hall–Kier alpha value is -0.220. The van der Waals surface area contributed by atoms with Gasteiger partial charge in [0.25, 0.3) is 0 Å². The maximum Gasteiger partial charge on any atom is 0.240 e. The van der Waals surface area contributed by atoms with Crippen molar-refractivity contribution >= 4 is 17.7 Å². The van der Waals surface area contributed by atoms with Crippen LogP contribution in [0.15, 0.2) is 0 Å². The molecule has 0 aromatic carbocycles. The van der Waals surface area contributed by atoms with Crippen molar-refractivity contribution < 1.29 is 4.79 Å². The lowest BCUT2D eigenvalue weighted by atomic mass is 10.0. The number of amides is 1. The molecule has 0 bridgehead atoms. The molecule has 16 heavy (non-hydrogen) atoms. The number of nitrogens with one attached hydrogen (secondary N) is 1. The summed E-state index contributed by atoms with van der Waals surface area (Å²) in [5.41, 5.74) is 0. The molecule has 2 atom stereocenters. The molecule has 3 nitrogen and oxygen atoms in total. The fraction of sp³-hybridized carbons (Fsp3) is 0.917. The molecule has 2 aliphatic heterocycles. The summed E-state index contributed by atoms with van der Waals surface area (Å²) in [6.45, 7) is 5.18. The van der Waals surface area contributed by atoms with E-state index in [0.717, 1.165) is 37.1 Å². The molecule has 0 aliphatic carbocycles. The van der Waals surface area contributed by atoms with Crippen molar-refractivity contribution in [3.05, 3.63) is 0 Å². The molecule has 2 aliphatic rings. The summed E-state index contributed by atoms with van der Waals surface area (Å²) < 4.78 is 0. The molecule has 92 valence electrons. The van der Waals surface area contributed by atoms with Crippen LogP contribution >= 0.6 is 11.8 Å². The Bertz CT molecular complexity index is 241. The van der Waals surface area contributed by atoms with Crippen molar-refractivity contribution in [1.29, 1.82) is 0 Å². The van der Waals surface area contributed by atoms with Gasteiger partial charge in [0.05, 0.1) is 6.04 Å². The first-order valence-corrected chi connectivity index (χ1v) is 7.56. The van der Waals surface area contributed by atoms with Crippen molar-refractivity contribution in [2.75, 3.05) is 31.1 Å². The first kappa shape index (κ1) is 12.2. The van der Waals surface area contributed by atoms with Crippen LogP contribution in [0.25, 0.3) is 0 Å². The zero-order valence-corrected chi connectivity index (χ0v) is 10.9. The normalized spacial score (nSPS) is 30.7. The van der Waals surface area contributed by atoms with Gasteiger partial charge in [0.1, 0.15) is 0 Å². The van der Waals surface area contributed by atoms with Gasteiger partial charge >= 0.3 is 0 Å². The summed E-state index contributed by atoms with van der Waals surface area (Å²) in [5.74, 6) is 3.19. The van der Waals surface area contributed by atoms with E-state index in [2.05, 4.69) is 17.1 Å². The summed E-state index contributed by atoms with van der Waals surface area (Å²) in [4.78, 5) is 14.3. The third kappa shape index (κ3) is 2.92. The van der Waals surface area contributed by atoms with Gasteiger partial charge < -0.3 is 10.2 Å². The highest BCUT2D eigenvalue weighted by Crippen LogP contribution is 2.22. The second kappa shape index (κ2) is 5.92. The maximum atomic E-state index is 12.2. The van der Waals surface area contributed by atoms with E-state index in [4.69, 9.17) is 0 Å². The third-order valence-corrected chi connectivity index (χ3v) is 4.58. The quantitative estimate of drug-likeness (QED) is 0.810. The van der Waals surface area contributed by atoms with Gasteiger partial charge in [-0.2, -0.15) is 11.8 Å². The zero-order valence-electron chi connectivity index (χ0n) is 10.1. The van der Waals surface area contributed by atoms with Crippen molar-refractivity contribution in [2.24, 2.45) is 5.92 Å². The molecule has 2 fully saturated rings. The standard InChI is InChI=1S/C12H22N2OS/c1-2-3-10-4-6-14(8-10)12(15)11-9-16-7-5-13-11/h10-11,13H,2-9H2,1H3. The largest absolute Gasteiger partial charge is 0.341 e. The second-order valence-corrected chi connectivity index (χ2v) is 5.96. The Balaban J connectivity index is 1.81. The number of carbonyl (C=O) groups excluding carboxylic acids is 1. The first-order valence-electron chi connectivity index (χ1n) is 6.41. The summed E-state index contributed by atoms with van der Waals surface area (Å²) in [6, 6.07) is 0.0825. The average Bonchev–Trinajstić information content (AvgIpc) is 2.78. The van der Waals surface area contributed by atoms with Gasteiger partial charge in [0.2, 0.25) is 5.91 Å². The van der Waals surface area contributed by atoms with E-state index >= 15 is 0 Å². The predicted molar refractivity (Wildman–Crippen MR) is 68.7 cm³/mol. The number of likely N-dealkylation sites (tertiary alicyclic amines) is 1. The molecule has 0 aromatic rings. The molecule has 4 heteroatoms. The number of nitrogens with zero attached hydrogens (tertiary/aromatic N) is 1. The van der Waals surface area contributed by atoms with E-state index in [9.17, 15) is 4.79 Å². The van der Waals surface area contributed by atoms with Crippen LogP contribution in [0.4, 0.5) is 0 Å². The van der Waals surface area contributed by atoms with E-state index in [1.54, 1.807) is 0 Å². The lowest BCUT2D eigenvalue weighted by molar-refractivity contribution is -0.132. The number of hydrogen-bond donors (Lipinski definition) is 1. The van der Waals surface area contributed by atoms with E-state index in [1.165, 1.54) is 19.3 Å². The Morgan fingerprint density at radius 3 is 3.12 bits per heavy atom. The summed E-state index contributed by atoms with van der Waals surface area (Å²) in [6.07, 6.45) is 3.72. The molecular formula is C12H22N2OS. The first-order chi connectivity index (χ1) is 7.81. The monoisotopic (exact) mass is 242 g/mol. The molecule has 2 saturated heterocycles. The van der Waals surface area contributed by atoms with Gasteiger partial charge in [-0.05, 0) is 18.8 Å². The lowest BCUT2D eigenvalue weighted by Crippen LogP contribution is -2.49. The number of thioether (sulfide) groups is 1. The molecule has 2 heterocycles. The Labute approximate surface area is 102 Å². The topological polar surface area (TPSA) is 32.3 Å². The van der Waals surface area contributed by atoms with Crippen LogP contribution in [0.2, 0.25) is 0 Å². The van der Waals surface area contributed by atoms with Crippen LogP contribution in [-0.2, 0) is 4.79 Å². The highest BCUT2D eigenvalue weighted by Gasteiger charge is 2.30. The van der Waals surface area contributed by atoms with Gasteiger partial charge in [-0.1, -0.05) is 13.3 Å². The minimum absolute atomic E-state index is 0.0825. The Kier molecular flexibility index (Phi) is 4.53. The van der Waals surface area contributed by atoms with E-state index in [-0.39, 0.29) is 6.04 Å². The number of hydrogen-bond acceptors (Lipinski definition) is 3. The molecule has 1 N–H and O–H groups in total. The molecule has 2 unspecified atom stereocenters. The van der Waals surface area contributed by atoms with Crippen LogP contribution in [0.1, 0.15) is 26.2 Å². The summed E-state index contributed by atoms with van der Waals surface area (Å²) in [5, 5.41) is 3.33. The number of rotatable bonds is 3. The smallest absolute Gasteiger partial charge is 0.240 e. The Morgan fingerprint density at radius 2 is 2.44 bits per heavy atom. The van der Waals surface area contributed by atoms with Crippen LogP contribution in [0.5, 0.6) is 0 Å². The van der Waals surface area contributed by atoms with E-state index < -0.39 is 0 Å². The Morgan fingerprint density at radius 1 is 1.56 bits per heavy atom. The SMILES string of the molecule is CCCC1CCN(C(=O)C2CSCCN2)C1. The highest BCUT2D eigenvalue weighted by atomic mass is 32.2.